The molecule has 0 aliphatic carbocycles. The van der Waals surface area contributed by atoms with Crippen molar-refractivity contribution < 1.29 is 22.0 Å². The minimum Gasteiger partial charge on any atom is -0.469 e. The van der Waals surface area contributed by atoms with Gasteiger partial charge in [-0.25, -0.2) is 4.39 Å². The van der Waals surface area contributed by atoms with E-state index in [0.717, 1.165) is 17.9 Å². The SMILES string of the molecule is CC(Cc1ccco1)NCc1ccc(F)cc1C(F)(F)F. The molecule has 0 amide bonds. The second-order valence-corrected chi connectivity index (χ2v) is 4.86. The highest BCUT2D eigenvalue weighted by atomic mass is 19.4. The predicted molar refractivity (Wildman–Crippen MR) is 70.1 cm³/mol. The average Bonchev–Trinajstić information content (AvgIpc) is 2.89. The van der Waals surface area contributed by atoms with Crippen LogP contribution in [0.4, 0.5) is 17.6 Å². The molecule has 1 unspecified atom stereocenters. The van der Waals surface area contributed by atoms with Gasteiger partial charge in [-0.15, -0.1) is 0 Å². The van der Waals surface area contributed by atoms with Crippen molar-refractivity contribution >= 4 is 0 Å². The molecule has 1 aromatic heterocycles. The highest BCUT2D eigenvalue weighted by molar-refractivity contribution is 5.30. The Morgan fingerprint density at radius 2 is 2.00 bits per heavy atom. The molecule has 0 saturated heterocycles. The molecule has 1 N–H and O–H groups in total. The van der Waals surface area contributed by atoms with Crippen LogP contribution in [-0.2, 0) is 19.1 Å². The van der Waals surface area contributed by atoms with Crippen molar-refractivity contribution in [2.75, 3.05) is 0 Å². The van der Waals surface area contributed by atoms with E-state index in [2.05, 4.69) is 5.32 Å². The fourth-order valence-electron chi connectivity index (χ4n) is 2.05. The van der Waals surface area contributed by atoms with Gasteiger partial charge in [-0.3, -0.25) is 0 Å². The molecule has 6 heteroatoms. The fourth-order valence-corrected chi connectivity index (χ4v) is 2.05. The van der Waals surface area contributed by atoms with Crippen molar-refractivity contribution in [2.24, 2.45) is 0 Å². The molecule has 1 heterocycles. The Morgan fingerprint density at radius 3 is 2.62 bits per heavy atom. The van der Waals surface area contributed by atoms with Crippen molar-refractivity contribution in [1.82, 2.24) is 5.32 Å². The molecular formula is C15H15F4NO. The summed E-state index contributed by atoms with van der Waals surface area (Å²) in [4.78, 5) is 0. The summed E-state index contributed by atoms with van der Waals surface area (Å²) in [6, 6.07) is 6.20. The number of hydrogen-bond donors (Lipinski definition) is 1. The van der Waals surface area contributed by atoms with Gasteiger partial charge in [0.25, 0.3) is 0 Å². The first-order chi connectivity index (χ1) is 9.86. The average molecular weight is 301 g/mol. The Kier molecular flexibility index (Phi) is 4.67. The van der Waals surface area contributed by atoms with E-state index < -0.39 is 17.6 Å². The lowest BCUT2D eigenvalue weighted by molar-refractivity contribution is -0.138. The summed E-state index contributed by atoms with van der Waals surface area (Å²) in [6.45, 7) is 1.86. The number of furan rings is 1. The van der Waals surface area contributed by atoms with Crippen LogP contribution < -0.4 is 5.32 Å². The summed E-state index contributed by atoms with van der Waals surface area (Å²) < 4.78 is 56.7. The number of hydrogen-bond acceptors (Lipinski definition) is 2. The quantitative estimate of drug-likeness (QED) is 0.839. The van der Waals surface area contributed by atoms with Crippen molar-refractivity contribution in [2.45, 2.75) is 32.1 Å². The summed E-state index contributed by atoms with van der Waals surface area (Å²) in [6.07, 6.45) is -2.46. The molecule has 0 aliphatic heterocycles. The van der Waals surface area contributed by atoms with Crippen molar-refractivity contribution in [3.63, 3.8) is 0 Å². The van der Waals surface area contributed by atoms with E-state index in [0.29, 0.717) is 12.5 Å². The van der Waals surface area contributed by atoms with Gasteiger partial charge in [0.05, 0.1) is 11.8 Å². The second kappa shape index (κ2) is 6.30. The first-order valence-electron chi connectivity index (χ1n) is 6.47. The first kappa shape index (κ1) is 15.6. The van der Waals surface area contributed by atoms with Gasteiger partial charge in [0.1, 0.15) is 11.6 Å². The van der Waals surface area contributed by atoms with E-state index in [-0.39, 0.29) is 18.2 Å². The number of rotatable bonds is 5. The topological polar surface area (TPSA) is 25.2 Å². The maximum absolute atomic E-state index is 13.0. The summed E-state index contributed by atoms with van der Waals surface area (Å²) in [5, 5.41) is 2.99. The van der Waals surface area contributed by atoms with Crippen LogP contribution in [0.1, 0.15) is 23.8 Å². The molecule has 21 heavy (non-hydrogen) atoms. The highest BCUT2D eigenvalue weighted by Gasteiger charge is 2.33. The first-order valence-corrected chi connectivity index (χ1v) is 6.47. The molecule has 0 bridgehead atoms. The van der Waals surface area contributed by atoms with Gasteiger partial charge in [-0.2, -0.15) is 13.2 Å². The number of benzene rings is 1. The molecule has 0 aliphatic rings. The van der Waals surface area contributed by atoms with Gasteiger partial charge < -0.3 is 9.73 Å². The van der Waals surface area contributed by atoms with E-state index in [1.807, 2.05) is 6.92 Å². The normalized spacial score (nSPS) is 13.4. The lowest BCUT2D eigenvalue weighted by Crippen LogP contribution is -2.28. The van der Waals surface area contributed by atoms with Crippen LogP contribution in [-0.4, -0.2) is 6.04 Å². The van der Waals surface area contributed by atoms with Crippen LogP contribution in [0.5, 0.6) is 0 Å². The van der Waals surface area contributed by atoms with Gasteiger partial charge in [0.2, 0.25) is 0 Å². The van der Waals surface area contributed by atoms with Crippen LogP contribution in [0.3, 0.4) is 0 Å². The van der Waals surface area contributed by atoms with E-state index in [4.69, 9.17) is 4.42 Å². The van der Waals surface area contributed by atoms with Crippen LogP contribution >= 0.6 is 0 Å². The van der Waals surface area contributed by atoms with Crippen molar-refractivity contribution in [3.05, 3.63) is 59.3 Å². The minimum atomic E-state index is -4.57. The number of nitrogens with one attached hydrogen (secondary N) is 1. The molecule has 2 rings (SSSR count). The smallest absolute Gasteiger partial charge is 0.416 e. The van der Waals surface area contributed by atoms with Crippen LogP contribution in [0, 0.1) is 5.82 Å². The number of alkyl halides is 3. The predicted octanol–water partition coefficient (Wildman–Crippen LogP) is 4.16. The lowest BCUT2D eigenvalue weighted by Gasteiger charge is -2.16. The summed E-state index contributed by atoms with van der Waals surface area (Å²) in [5.74, 6) is -0.139. The lowest BCUT2D eigenvalue weighted by atomic mass is 10.1. The third-order valence-corrected chi connectivity index (χ3v) is 3.11. The van der Waals surface area contributed by atoms with Gasteiger partial charge in [-0.1, -0.05) is 6.07 Å². The number of halogens is 4. The maximum atomic E-state index is 13.0. The van der Waals surface area contributed by atoms with E-state index in [9.17, 15) is 17.6 Å². The van der Waals surface area contributed by atoms with Crippen LogP contribution in [0.15, 0.2) is 41.0 Å². The van der Waals surface area contributed by atoms with Gasteiger partial charge in [0, 0.05) is 19.0 Å². The third kappa shape index (κ3) is 4.32. The van der Waals surface area contributed by atoms with Gasteiger partial charge in [0.15, 0.2) is 0 Å². The Bertz CT molecular complexity index is 578. The van der Waals surface area contributed by atoms with E-state index in [1.54, 1.807) is 18.4 Å². The van der Waals surface area contributed by atoms with Crippen molar-refractivity contribution in [1.29, 1.82) is 0 Å². The Balaban J connectivity index is 2.03. The fraction of sp³-hybridized carbons (Fsp3) is 0.333. The Morgan fingerprint density at radius 1 is 1.24 bits per heavy atom. The standard InChI is InChI=1S/C15H15F4NO/c1-10(7-13-3-2-6-21-13)20-9-11-4-5-12(16)8-14(11)15(17,18)19/h2-6,8,10,20H,7,9H2,1H3. The molecule has 0 spiro atoms. The zero-order chi connectivity index (χ0) is 15.5. The largest absolute Gasteiger partial charge is 0.469 e. The highest BCUT2D eigenvalue weighted by Crippen LogP contribution is 2.32. The summed E-state index contributed by atoms with van der Waals surface area (Å²) >= 11 is 0. The third-order valence-electron chi connectivity index (χ3n) is 3.11. The Hall–Kier alpha value is -1.82. The molecule has 2 aromatic rings. The van der Waals surface area contributed by atoms with Gasteiger partial charge >= 0.3 is 6.18 Å². The molecule has 0 radical (unpaired) electrons. The molecule has 0 fully saturated rings. The molecule has 1 atom stereocenters. The van der Waals surface area contributed by atoms with Crippen LogP contribution in [0.25, 0.3) is 0 Å². The van der Waals surface area contributed by atoms with E-state index in [1.165, 1.54) is 0 Å². The molecular weight excluding hydrogens is 286 g/mol. The second-order valence-electron chi connectivity index (χ2n) is 4.86. The zero-order valence-corrected chi connectivity index (χ0v) is 11.4. The van der Waals surface area contributed by atoms with Gasteiger partial charge in [-0.05, 0) is 36.8 Å². The monoisotopic (exact) mass is 301 g/mol. The molecule has 114 valence electrons. The molecule has 1 aromatic carbocycles. The van der Waals surface area contributed by atoms with E-state index >= 15 is 0 Å². The summed E-state index contributed by atoms with van der Waals surface area (Å²) in [7, 11) is 0. The zero-order valence-electron chi connectivity index (χ0n) is 11.4. The van der Waals surface area contributed by atoms with Crippen LogP contribution in [0.2, 0.25) is 0 Å². The molecule has 2 nitrogen and oxygen atoms in total. The Labute approximate surface area is 119 Å². The van der Waals surface area contributed by atoms with Crippen molar-refractivity contribution in [3.8, 4) is 0 Å². The minimum absolute atomic E-state index is 0.0109. The maximum Gasteiger partial charge on any atom is 0.416 e. The molecule has 0 saturated carbocycles. The summed E-state index contributed by atoms with van der Waals surface area (Å²) in [5.41, 5.74) is -0.921.